The average Bonchev–Trinajstić information content (AvgIpc) is 3.19. The van der Waals surface area contributed by atoms with Gasteiger partial charge in [-0.05, 0) is 24.8 Å². The fourth-order valence-electron chi connectivity index (χ4n) is 2.10. The molecule has 2 aromatic rings. The van der Waals surface area contributed by atoms with E-state index in [4.69, 9.17) is 0 Å². The van der Waals surface area contributed by atoms with Gasteiger partial charge in [0.25, 0.3) is 0 Å². The second kappa shape index (κ2) is 5.26. The Hall–Kier alpha value is -2.10. The lowest BCUT2D eigenvalue weighted by molar-refractivity contribution is -0.116. The van der Waals surface area contributed by atoms with Crippen molar-refractivity contribution >= 4 is 11.7 Å². The number of nitrogens with one attached hydrogen (secondary N) is 2. The highest BCUT2D eigenvalue weighted by Crippen LogP contribution is 2.39. The van der Waals surface area contributed by atoms with Gasteiger partial charge >= 0.3 is 0 Å². The molecule has 0 atom stereocenters. The third-order valence-electron chi connectivity index (χ3n) is 3.35. The fraction of sp³-hybridized carbons (Fsp3) is 0.333. The van der Waals surface area contributed by atoms with Gasteiger partial charge in [-0.3, -0.25) is 9.89 Å². The number of hydrogen-bond acceptors (Lipinski definition) is 2. The van der Waals surface area contributed by atoms with Crippen molar-refractivity contribution < 1.29 is 4.79 Å². The summed E-state index contributed by atoms with van der Waals surface area (Å²) in [4.78, 5) is 11.8. The summed E-state index contributed by atoms with van der Waals surface area (Å²) in [5.41, 5.74) is 2.25. The lowest BCUT2D eigenvalue weighted by Crippen LogP contribution is -2.12. The Kier molecular flexibility index (Phi) is 3.31. The largest absolute Gasteiger partial charge is 0.311 e. The van der Waals surface area contributed by atoms with E-state index in [-0.39, 0.29) is 5.91 Å². The van der Waals surface area contributed by atoms with Gasteiger partial charge in [0.05, 0.1) is 5.69 Å². The van der Waals surface area contributed by atoms with Gasteiger partial charge in [0.1, 0.15) is 5.82 Å². The number of aryl methyl sites for hydroxylation is 1. The first-order chi connectivity index (χ1) is 9.31. The summed E-state index contributed by atoms with van der Waals surface area (Å²) in [6.07, 6.45) is 3.68. The SMILES string of the molecule is O=C(CCc1ccccc1)Nc1cc(C2CC2)n[nH]1. The van der Waals surface area contributed by atoms with Gasteiger partial charge in [-0.15, -0.1) is 0 Å². The molecule has 1 heterocycles. The minimum absolute atomic E-state index is 0.0230. The summed E-state index contributed by atoms with van der Waals surface area (Å²) in [6.45, 7) is 0. The third-order valence-corrected chi connectivity index (χ3v) is 3.35. The first-order valence-electron chi connectivity index (χ1n) is 6.70. The average molecular weight is 255 g/mol. The number of carbonyl (C=O) groups excluding carboxylic acids is 1. The molecular formula is C15H17N3O. The molecule has 4 nitrogen and oxygen atoms in total. The Morgan fingerprint density at radius 2 is 2.11 bits per heavy atom. The maximum atomic E-state index is 11.8. The predicted octanol–water partition coefficient (Wildman–Crippen LogP) is 2.86. The summed E-state index contributed by atoms with van der Waals surface area (Å²) < 4.78 is 0. The molecule has 1 aliphatic carbocycles. The van der Waals surface area contributed by atoms with E-state index in [9.17, 15) is 4.79 Å². The number of nitrogens with zero attached hydrogens (tertiary/aromatic N) is 1. The van der Waals surface area contributed by atoms with Gasteiger partial charge in [-0.25, -0.2) is 0 Å². The normalized spacial score (nSPS) is 14.3. The van der Waals surface area contributed by atoms with Crippen LogP contribution >= 0.6 is 0 Å². The van der Waals surface area contributed by atoms with Crippen molar-refractivity contribution in [1.82, 2.24) is 10.2 Å². The van der Waals surface area contributed by atoms with Crippen LogP contribution in [0.5, 0.6) is 0 Å². The molecule has 1 amide bonds. The number of aromatic nitrogens is 2. The molecule has 0 spiro atoms. The molecule has 4 heteroatoms. The van der Waals surface area contributed by atoms with Crippen LogP contribution in [-0.2, 0) is 11.2 Å². The summed E-state index contributed by atoms with van der Waals surface area (Å²) in [5, 5.41) is 9.94. The van der Waals surface area contributed by atoms with Crippen LogP contribution in [0.3, 0.4) is 0 Å². The van der Waals surface area contributed by atoms with Crippen molar-refractivity contribution in [3.63, 3.8) is 0 Å². The van der Waals surface area contributed by atoms with Gasteiger partial charge in [0, 0.05) is 18.4 Å². The summed E-state index contributed by atoms with van der Waals surface area (Å²) >= 11 is 0. The quantitative estimate of drug-likeness (QED) is 0.863. The van der Waals surface area contributed by atoms with Crippen LogP contribution in [0.2, 0.25) is 0 Å². The monoisotopic (exact) mass is 255 g/mol. The van der Waals surface area contributed by atoms with E-state index in [1.807, 2.05) is 36.4 Å². The Balaban J connectivity index is 1.50. The number of benzene rings is 1. The molecule has 3 rings (SSSR count). The van der Waals surface area contributed by atoms with Crippen LogP contribution in [0.25, 0.3) is 0 Å². The maximum absolute atomic E-state index is 11.8. The maximum Gasteiger partial charge on any atom is 0.225 e. The standard InChI is InChI=1S/C15H17N3O/c19-15(9-6-11-4-2-1-3-5-11)16-14-10-13(17-18-14)12-7-8-12/h1-5,10,12H,6-9H2,(H2,16,17,18,19). The smallest absolute Gasteiger partial charge is 0.225 e. The topological polar surface area (TPSA) is 57.8 Å². The second-order valence-electron chi connectivity index (χ2n) is 5.01. The van der Waals surface area contributed by atoms with Crippen LogP contribution in [0.1, 0.15) is 36.4 Å². The van der Waals surface area contributed by atoms with Crippen molar-refractivity contribution in [2.45, 2.75) is 31.6 Å². The van der Waals surface area contributed by atoms with Gasteiger partial charge < -0.3 is 5.32 Å². The molecule has 98 valence electrons. The van der Waals surface area contributed by atoms with Gasteiger partial charge in [-0.2, -0.15) is 5.10 Å². The zero-order valence-corrected chi connectivity index (χ0v) is 10.7. The molecule has 1 fully saturated rings. The van der Waals surface area contributed by atoms with E-state index < -0.39 is 0 Å². The van der Waals surface area contributed by atoms with Gasteiger partial charge in [-0.1, -0.05) is 30.3 Å². The van der Waals surface area contributed by atoms with E-state index in [1.165, 1.54) is 18.4 Å². The zero-order chi connectivity index (χ0) is 13.1. The summed E-state index contributed by atoms with van der Waals surface area (Å²) in [6, 6.07) is 12.0. The van der Waals surface area contributed by atoms with E-state index in [0.29, 0.717) is 18.2 Å². The zero-order valence-electron chi connectivity index (χ0n) is 10.7. The molecule has 1 aromatic carbocycles. The van der Waals surface area contributed by atoms with Crippen LogP contribution in [0.4, 0.5) is 5.82 Å². The minimum Gasteiger partial charge on any atom is -0.311 e. The molecule has 1 aromatic heterocycles. The lowest BCUT2D eigenvalue weighted by Gasteiger charge is -2.02. The fourth-order valence-corrected chi connectivity index (χ4v) is 2.10. The number of aromatic amines is 1. The molecule has 0 saturated heterocycles. The summed E-state index contributed by atoms with van der Waals surface area (Å²) in [5.74, 6) is 1.33. The highest BCUT2D eigenvalue weighted by Gasteiger charge is 2.26. The summed E-state index contributed by atoms with van der Waals surface area (Å²) in [7, 11) is 0. The van der Waals surface area contributed by atoms with Crippen molar-refractivity contribution in [3.05, 3.63) is 47.7 Å². The predicted molar refractivity (Wildman–Crippen MR) is 74.0 cm³/mol. The highest BCUT2D eigenvalue weighted by molar-refractivity contribution is 5.89. The van der Waals surface area contributed by atoms with Gasteiger partial charge in [0.15, 0.2) is 0 Å². The Labute approximate surface area is 112 Å². The molecular weight excluding hydrogens is 238 g/mol. The van der Waals surface area contributed by atoms with Crippen molar-refractivity contribution in [1.29, 1.82) is 0 Å². The van der Waals surface area contributed by atoms with Crippen LogP contribution in [0, 0.1) is 0 Å². The first-order valence-corrected chi connectivity index (χ1v) is 6.70. The van der Waals surface area contributed by atoms with Crippen molar-refractivity contribution in [2.75, 3.05) is 5.32 Å². The number of rotatable bonds is 5. The van der Waals surface area contributed by atoms with Crippen LogP contribution in [-0.4, -0.2) is 16.1 Å². The van der Waals surface area contributed by atoms with Crippen LogP contribution < -0.4 is 5.32 Å². The molecule has 0 bridgehead atoms. The molecule has 1 aliphatic rings. The second-order valence-corrected chi connectivity index (χ2v) is 5.01. The Morgan fingerprint density at radius 1 is 1.32 bits per heavy atom. The van der Waals surface area contributed by atoms with E-state index in [0.717, 1.165) is 12.1 Å². The van der Waals surface area contributed by atoms with E-state index in [1.54, 1.807) is 0 Å². The molecule has 1 saturated carbocycles. The number of amides is 1. The van der Waals surface area contributed by atoms with E-state index in [2.05, 4.69) is 15.5 Å². The van der Waals surface area contributed by atoms with Crippen LogP contribution in [0.15, 0.2) is 36.4 Å². The number of anilines is 1. The number of H-pyrrole nitrogens is 1. The van der Waals surface area contributed by atoms with Crippen molar-refractivity contribution in [3.8, 4) is 0 Å². The number of carbonyl (C=O) groups is 1. The number of hydrogen-bond donors (Lipinski definition) is 2. The molecule has 19 heavy (non-hydrogen) atoms. The first kappa shape index (κ1) is 12.0. The molecule has 2 N–H and O–H groups in total. The van der Waals surface area contributed by atoms with Gasteiger partial charge in [0.2, 0.25) is 5.91 Å². The third kappa shape index (κ3) is 3.22. The van der Waals surface area contributed by atoms with Crippen molar-refractivity contribution in [2.24, 2.45) is 0 Å². The minimum atomic E-state index is 0.0230. The van der Waals surface area contributed by atoms with E-state index >= 15 is 0 Å². The Bertz CT molecular complexity index is 558. The lowest BCUT2D eigenvalue weighted by atomic mass is 10.1. The molecule has 0 unspecified atom stereocenters. The molecule has 0 radical (unpaired) electrons. The molecule has 0 aliphatic heterocycles. The highest BCUT2D eigenvalue weighted by atomic mass is 16.1. The Morgan fingerprint density at radius 3 is 2.84 bits per heavy atom.